The summed E-state index contributed by atoms with van der Waals surface area (Å²) in [5.74, 6) is 1.59. The third-order valence-electron chi connectivity index (χ3n) is 4.57. The summed E-state index contributed by atoms with van der Waals surface area (Å²) >= 11 is 12.7. The average molecular weight is 403 g/mol. The van der Waals surface area contributed by atoms with Gasteiger partial charge in [0.25, 0.3) is 0 Å². The molecule has 2 heterocycles. The Kier molecular flexibility index (Phi) is 5.58. The Morgan fingerprint density at radius 1 is 0.926 bits per heavy atom. The van der Waals surface area contributed by atoms with Crippen molar-refractivity contribution >= 4 is 34.6 Å². The van der Waals surface area contributed by atoms with Crippen LogP contribution in [0.1, 0.15) is 5.76 Å². The fourth-order valence-electron chi connectivity index (χ4n) is 3.15. The summed E-state index contributed by atoms with van der Waals surface area (Å²) in [5, 5.41) is 4.77. The van der Waals surface area contributed by atoms with Gasteiger partial charge in [0.2, 0.25) is 0 Å². The Hall–Kier alpha value is -2.14. The van der Waals surface area contributed by atoms with Crippen molar-refractivity contribution in [1.82, 2.24) is 0 Å². The van der Waals surface area contributed by atoms with E-state index in [1.54, 1.807) is 0 Å². The van der Waals surface area contributed by atoms with Crippen LogP contribution in [0, 0.1) is 0 Å². The Labute approximate surface area is 168 Å². The van der Waals surface area contributed by atoms with E-state index in [0.29, 0.717) is 11.6 Å². The summed E-state index contributed by atoms with van der Waals surface area (Å²) in [5.41, 5.74) is 2.89. The van der Waals surface area contributed by atoms with Gasteiger partial charge in [-0.05, 0) is 42.5 Å². The second kappa shape index (κ2) is 8.26. The largest absolute Gasteiger partial charge is 0.459 e. The van der Waals surface area contributed by atoms with Gasteiger partial charge in [0.15, 0.2) is 0 Å². The SMILES string of the molecule is Clc1ccccc1-c1ccc(CNc2ccc(N3CCOCC3)c(Cl)c2)o1. The number of furan rings is 1. The fourth-order valence-corrected chi connectivity index (χ4v) is 3.67. The summed E-state index contributed by atoms with van der Waals surface area (Å²) in [6, 6.07) is 17.6. The molecule has 140 valence electrons. The zero-order valence-electron chi connectivity index (χ0n) is 14.8. The van der Waals surface area contributed by atoms with Crippen LogP contribution >= 0.6 is 23.2 Å². The van der Waals surface area contributed by atoms with Gasteiger partial charge in [-0.3, -0.25) is 0 Å². The molecule has 0 saturated carbocycles. The van der Waals surface area contributed by atoms with Gasteiger partial charge in [0.05, 0.1) is 35.5 Å². The molecule has 0 amide bonds. The van der Waals surface area contributed by atoms with Crippen LogP contribution < -0.4 is 10.2 Å². The average Bonchev–Trinajstić information content (AvgIpc) is 3.16. The molecule has 0 spiro atoms. The van der Waals surface area contributed by atoms with E-state index in [1.807, 2.05) is 54.6 Å². The topological polar surface area (TPSA) is 37.6 Å². The van der Waals surface area contributed by atoms with E-state index in [4.69, 9.17) is 32.4 Å². The molecule has 0 unspecified atom stereocenters. The first-order valence-corrected chi connectivity index (χ1v) is 9.66. The lowest BCUT2D eigenvalue weighted by atomic mass is 10.2. The van der Waals surface area contributed by atoms with Gasteiger partial charge in [-0.25, -0.2) is 0 Å². The smallest absolute Gasteiger partial charge is 0.135 e. The van der Waals surface area contributed by atoms with Crippen LogP contribution in [0.15, 0.2) is 59.0 Å². The van der Waals surface area contributed by atoms with Crippen LogP contribution in [0.3, 0.4) is 0 Å². The molecule has 1 N–H and O–H groups in total. The normalized spacial score (nSPS) is 14.4. The number of morpholine rings is 1. The highest BCUT2D eigenvalue weighted by molar-refractivity contribution is 6.33. The summed E-state index contributed by atoms with van der Waals surface area (Å²) in [6.45, 7) is 3.77. The van der Waals surface area contributed by atoms with Crippen LogP contribution in [-0.4, -0.2) is 26.3 Å². The van der Waals surface area contributed by atoms with E-state index in [-0.39, 0.29) is 0 Å². The summed E-state index contributed by atoms with van der Waals surface area (Å²) < 4.78 is 11.3. The Bertz CT molecular complexity index is 920. The van der Waals surface area contributed by atoms with Crippen molar-refractivity contribution in [3.05, 3.63) is 70.4 Å². The van der Waals surface area contributed by atoms with Crippen molar-refractivity contribution in [1.29, 1.82) is 0 Å². The molecule has 1 fully saturated rings. The van der Waals surface area contributed by atoms with Crippen molar-refractivity contribution in [3.8, 4) is 11.3 Å². The molecule has 1 saturated heterocycles. The van der Waals surface area contributed by atoms with Crippen LogP contribution in [0.5, 0.6) is 0 Å². The fraction of sp³-hybridized carbons (Fsp3) is 0.238. The molecular weight excluding hydrogens is 383 g/mol. The highest BCUT2D eigenvalue weighted by atomic mass is 35.5. The van der Waals surface area contributed by atoms with Crippen molar-refractivity contribution in [3.63, 3.8) is 0 Å². The standard InChI is InChI=1S/C21H20Cl2N2O2/c22-18-4-2-1-3-17(18)21-8-6-16(27-21)14-24-15-5-7-20(19(23)13-15)25-9-11-26-12-10-25/h1-8,13,24H,9-12,14H2. The third-order valence-corrected chi connectivity index (χ3v) is 5.20. The van der Waals surface area contributed by atoms with E-state index in [9.17, 15) is 0 Å². The molecule has 3 aromatic rings. The van der Waals surface area contributed by atoms with E-state index in [1.165, 1.54) is 0 Å². The van der Waals surface area contributed by atoms with Gasteiger partial charge >= 0.3 is 0 Å². The first-order valence-electron chi connectivity index (χ1n) is 8.90. The van der Waals surface area contributed by atoms with Crippen molar-refractivity contribution in [2.45, 2.75) is 6.54 Å². The zero-order chi connectivity index (χ0) is 18.6. The Morgan fingerprint density at radius 3 is 2.52 bits per heavy atom. The van der Waals surface area contributed by atoms with E-state index < -0.39 is 0 Å². The molecule has 1 aliphatic heterocycles. The second-order valence-corrected chi connectivity index (χ2v) is 7.18. The summed E-state index contributed by atoms with van der Waals surface area (Å²) in [4.78, 5) is 2.25. The van der Waals surface area contributed by atoms with Crippen LogP contribution in [0.4, 0.5) is 11.4 Å². The molecule has 0 bridgehead atoms. The van der Waals surface area contributed by atoms with Gasteiger partial charge in [-0.1, -0.05) is 35.3 Å². The summed E-state index contributed by atoms with van der Waals surface area (Å²) in [6.07, 6.45) is 0. The third kappa shape index (κ3) is 4.24. The number of hydrogen-bond acceptors (Lipinski definition) is 4. The number of halogens is 2. The van der Waals surface area contributed by atoms with Gasteiger partial charge in [0.1, 0.15) is 11.5 Å². The van der Waals surface area contributed by atoms with E-state index >= 15 is 0 Å². The molecule has 6 heteroatoms. The lowest BCUT2D eigenvalue weighted by Gasteiger charge is -2.29. The lowest BCUT2D eigenvalue weighted by molar-refractivity contribution is 0.122. The molecule has 0 aliphatic carbocycles. The molecule has 1 aromatic heterocycles. The van der Waals surface area contributed by atoms with Gasteiger partial charge in [-0.2, -0.15) is 0 Å². The minimum atomic E-state index is 0.567. The number of anilines is 2. The van der Waals surface area contributed by atoms with Gasteiger partial charge < -0.3 is 19.4 Å². The number of nitrogens with one attached hydrogen (secondary N) is 1. The first kappa shape index (κ1) is 18.2. The van der Waals surface area contributed by atoms with Crippen LogP contribution in [0.2, 0.25) is 10.0 Å². The molecule has 0 radical (unpaired) electrons. The predicted molar refractivity (Wildman–Crippen MR) is 111 cm³/mol. The molecule has 1 aliphatic rings. The van der Waals surface area contributed by atoms with Gasteiger partial charge in [0, 0.05) is 24.3 Å². The van der Waals surface area contributed by atoms with E-state index in [0.717, 1.165) is 59.8 Å². The minimum absolute atomic E-state index is 0.567. The quantitative estimate of drug-likeness (QED) is 0.593. The maximum absolute atomic E-state index is 6.49. The number of ether oxygens (including phenoxy) is 1. The number of hydrogen-bond donors (Lipinski definition) is 1. The molecular formula is C21H20Cl2N2O2. The molecule has 2 aromatic carbocycles. The first-order chi connectivity index (χ1) is 13.2. The van der Waals surface area contributed by atoms with Crippen LogP contribution in [0.25, 0.3) is 11.3 Å². The van der Waals surface area contributed by atoms with E-state index in [2.05, 4.69) is 10.2 Å². The molecule has 27 heavy (non-hydrogen) atoms. The number of nitrogens with zero attached hydrogens (tertiary/aromatic N) is 1. The predicted octanol–water partition coefficient (Wildman–Crippen LogP) is 5.70. The van der Waals surface area contributed by atoms with Gasteiger partial charge in [-0.15, -0.1) is 0 Å². The van der Waals surface area contributed by atoms with Crippen LogP contribution in [-0.2, 0) is 11.3 Å². The number of rotatable bonds is 5. The minimum Gasteiger partial charge on any atom is -0.459 e. The Morgan fingerprint density at radius 2 is 1.74 bits per heavy atom. The second-order valence-electron chi connectivity index (χ2n) is 6.36. The molecule has 0 atom stereocenters. The molecule has 4 rings (SSSR count). The highest BCUT2D eigenvalue weighted by Gasteiger charge is 2.14. The highest BCUT2D eigenvalue weighted by Crippen LogP contribution is 2.31. The maximum atomic E-state index is 6.49. The maximum Gasteiger partial charge on any atom is 0.135 e. The van der Waals surface area contributed by atoms with Crippen molar-refractivity contribution in [2.75, 3.05) is 36.5 Å². The zero-order valence-corrected chi connectivity index (χ0v) is 16.3. The lowest BCUT2D eigenvalue weighted by Crippen LogP contribution is -2.36. The monoisotopic (exact) mass is 402 g/mol. The summed E-state index contributed by atoms with van der Waals surface area (Å²) in [7, 11) is 0. The molecule has 4 nitrogen and oxygen atoms in total. The van der Waals surface area contributed by atoms with Crippen molar-refractivity contribution in [2.24, 2.45) is 0 Å². The number of benzene rings is 2. The van der Waals surface area contributed by atoms with Crippen molar-refractivity contribution < 1.29 is 9.15 Å². The Balaban J connectivity index is 1.42.